The van der Waals surface area contributed by atoms with Crippen LogP contribution in [-0.4, -0.2) is 40.9 Å². The van der Waals surface area contributed by atoms with E-state index in [1.54, 1.807) is 13.8 Å². The monoisotopic (exact) mass is 216 g/mol. The second kappa shape index (κ2) is 5.53. The Kier molecular flexibility index (Phi) is 6.65. The van der Waals surface area contributed by atoms with Crippen LogP contribution in [0.2, 0.25) is 0 Å². The highest BCUT2D eigenvalue weighted by molar-refractivity contribution is 7.91. The predicted molar refractivity (Wildman–Crippen MR) is 50.8 cm³/mol. The van der Waals surface area contributed by atoms with E-state index in [0.717, 1.165) is 12.5 Å². The van der Waals surface area contributed by atoms with E-state index in [1.165, 1.54) is 0 Å². The summed E-state index contributed by atoms with van der Waals surface area (Å²) in [4.78, 5) is 0. The average Bonchev–Trinajstić information content (AvgIpc) is 1.85. The van der Waals surface area contributed by atoms with Crippen LogP contribution in [0.15, 0.2) is 0 Å². The van der Waals surface area contributed by atoms with Crippen molar-refractivity contribution < 1.29 is 16.8 Å². The fourth-order valence-corrected chi connectivity index (χ4v) is 0.612. The number of hydrogen-bond acceptors (Lipinski definition) is 4. The van der Waals surface area contributed by atoms with Gasteiger partial charge in [0.2, 0.25) is 0 Å². The van der Waals surface area contributed by atoms with Gasteiger partial charge in [-0.05, 0) is 0 Å². The van der Waals surface area contributed by atoms with Crippen LogP contribution in [0.3, 0.4) is 0 Å². The van der Waals surface area contributed by atoms with E-state index in [4.69, 9.17) is 0 Å². The third-order valence-electron chi connectivity index (χ3n) is 0.880. The fourth-order valence-electron chi connectivity index (χ4n) is 0.204. The molecule has 0 bridgehead atoms. The van der Waals surface area contributed by atoms with Crippen LogP contribution in [0.1, 0.15) is 13.8 Å². The summed E-state index contributed by atoms with van der Waals surface area (Å²) in [7, 11) is -5.32. The van der Waals surface area contributed by atoms with Crippen molar-refractivity contribution >= 4 is 19.7 Å². The van der Waals surface area contributed by atoms with Gasteiger partial charge in [0, 0.05) is 24.0 Å². The van der Waals surface area contributed by atoms with E-state index in [9.17, 15) is 16.8 Å². The van der Waals surface area contributed by atoms with Crippen molar-refractivity contribution in [3.05, 3.63) is 0 Å². The van der Waals surface area contributed by atoms with Crippen LogP contribution in [0.5, 0.6) is 0 Å². The van der Waals surface area contributed by atoms with Crippen LogP contribution in [0, 0.1) is 0 Å². The van der Waals surface area contributed by atoms with Gasteiger partial charge in [0.15, 0.2) is 0 Å². The van der Waals surface area contributed by atoms with Crippen LogP contribution >= 0.6 is 0 Å². The van der Waals surface area contributed by atoms with Crippen molar-refractivity contribution in [1.82, 2.24) is 0 Å². The fraction of sp³-hybridized carbons (Fsp3) is 1.00. The molecule has 0 heterocycles. The molecule has 76 valence electrons. The molecule has 0 spiro atoms. The molecular weight excluding hydrogens is 200 g/mol. The maximum absolute atomic E-state index is 10.4. The molecule has 12 heavy (non-hydrogen) atoms. The van der Waals surface area contributed by atoms with Gasteiger partial charge in [0.1, 0.15) is 19.7 Å². The first-order valence-corrected chi connectivity index (χ1v) is 7.60. The first-order chi connectivity index (χ1) is 5.12. The summed E-state index contributed by atoms with van der Waals surface area (Å²) in [5, 5.41) is 0. The van der Waals surface area contributed by atoms with Crippen LogP contribution < -0.4 is 0 Å². The third-order valence-corrected chi connectivity index (χ3v) is 2.64. The first kappa shape index (κ1) is 14.4. The topological polar surface area (TPSA) is 68.3 Å². The maximum Gasteiger partial charge on any atom is 0.149 e. The quantitative estimate of drug-likeness (QED) is 0.656. The molecule has 6 heteroatoms. The van der Waals surface area contributed by atoms with Crippen LogP contribution in [-0.2, 0) is 19.7 Å². The summed E-state index contributed by atoms with van der Waals surface area (Å²) in [5.41, 5.74) is 0. The molecule has 0 radical (unpaired) electrons. The number of sulfone groups is 2. The van der Waals surface area contributed by atoms with Gasteiger partial charge in [-0.1, -0.05) is 13.8 Å². The van der Waals surface area contributed by atoms with E-state index in [-0.39, 0.29) is 11.5 Å². The second-order valence-corrected chi connectivity index (χ2v) is 7.39. The Hall–Kier alpha value is -0.100. The van der Waals surface area contributed by atoms with Crippen LogP contribution in [0.25, 0.3) is 0 Å². The molecule has 0 aromatic rings. The van der Waals surface area contributed by atoms with Crippen molar-refractivity contribution in [3.63, 3.8) is 0 Å². The normalized spacial score (nSPS) is 11.7. The molecule has 4 nitrogen and oxygen atoms in total. The van der Waals surface area contributed by atoms with Crippen molar-refractivity contribution in [1.29, 1.82) is 0 Å². The molecule has 0 amide bonds. The number of rotatable bonds is 2. The highest BCUT2D eigenvalue weighted by Crippen LogP contribution is 1.84. The predicted octanol–water partition coefficient (Wildman–Crippen LogP) is 0.102. The highest BCUT2D eigenvalue weighted by Gasteiger charge is 1.99. The summed E-state index contributed by atoms with van der Waals surface area (Å²) in [6.07, 6.45) is 2.32. The molecule has 0 fully saturated rings. The Morgan fingerprint density at radius 2 is 1.00 bits per heavy atom. The van der Waals surface area contributed by atoms with Gasteiger partial charge >= 0.3 is 0 Å². The zero-order chi connectivity index (χ0) is 10.4. The van der Waals surface area contributed by atoms with Gasteiger partial charge in [-0.25, -0.2) is 16.8 Å². The lowest BCUT2D eigenvalue weighted by atomic mass is 11.0. The summed E-state index contributed by atoms with van der Waals surface area (Å²) < 4.78 is 40.0. The maximum atomic E-state index is 10.4. The largest absolute Gasteiger partial charge is 0.229 e. The molecule has 0 rings (SSSR count). The summed E-state index contributed by atoms with van der Waals surface area (Å²) in [6.45, 7) is 3.30. The van der Waals surface area contributed by atoms with Gasteiger partial charge in [-0.2, -0.15) is 0 Å². The first-order valence-electron chi connectivity index (χ1n) is 3.47. The molecule has 0 unspecified atom stereocenters. The molecule has 0 aromatic heterocycles. The lowest BCUT2D eigenvalue weighted by Gasteiger charge is -1.89. The zero-order valence-electron chi connectivity index (χ0n) is 7.86. The lowest BCUT2D eigenvalue weighted by molar-refractivity contribution is 0.598. The van der Waals surface area contributed by atoms with E-state index >= 15 is 0 Å². The van der Waals surface area contributed by atoms with Gasteiger partial charge in [-0.3, -0.25) is 0 Å². The molecular formula is C6H16O4S2. The van der Waals surface area contributed by atoms with Crippen molar-refractivity contribution in [2.75, 3.05) is 24.0 Å². The number of hydrogen-bond donors (Lipinski definition) is 0. The van der Waals surface area contributed by atoms with Gasteiger partial charge < -0.3 is 0 Å². The van der Waals surface area contributed by atoms with Crippen molar-refractivity contribution in [3.8, 4) is 0 Å². The standard InChI is InChI=1S/C4H10O2S.C2H6O2S/c1-3-7(5,6)4-2;1-5(2,3)4/h3-4H2,1-2H3;1-2H3. The molecule has 0 aliphatic carbocycles. The minimum Gasteiger partial charge on any atom is -0.229 e. The van der Waals surface area contributed by atoms with Crippen molar-refractivity contribution in [2.24, 2.45) is 0 Å². The molecule has 0 N–H and O–H groups in total. The minimum absolute atomic E-state index is 0.267. The van der Waals surface area contributed by atoms with Gasteiger partial charge in [-0.15, -0.1) is 0 Å². The lowest BCUT2D eigenvalue weighted by Crippen LogP contribution is -2.04. The Morgan fingerprint density at radius 3 is 1.00 bits per heavy atom. The third kappa shape index (κ3) is 22.5. The van der Waals surface area contributed by atoms with Crippen molar-refractivity contribution in [2.45, 2.75) is 13.8 Å². The van der Waals surface area contributed by atoms with E-state index < -0.39 is 19.7 Å². The van der Waals surface area contributed by atoms with E-state index in [1.807, 2.05) is 0 Å². The molecule has 0 saturated heterocycles. The molecule has 0 aliphatic heterocycles. The Balaban J connectivity index is 0. The second-order valence-electron chi connectivity index (χ2n) is 2.46. The van der Waals surface area contributed by atoms with E-state index in [2.05, 4.69) is 0 Å². The summed E-state index contributed by atoms with van der Waals surface area (Å²) >= 11 is 0. The SMILES string of the molecule is CCS(=O)(=O)CC.CS(C)(=O)=O. The van der Waals surface area contributed by atoms with Gasteiger partial charge in [0.05, 0.1) is 0 Å². The molecule has 0 saturated carbocycles. The molecule has 0 aliphatic rings. The average molecular weight is 216 g/mol. The zero-order valence-corrected chi connectivity index (χ0v) is 9.50. The van der Waals surface area contributed by atoms with Gasteiger partial charge in [0.25, 0.3) is 0 Å². The minimum atomic E-state index is -2.67. The summed E-state index contributed by atoms with van der Waals surface area (Å²) in [5.74, 6) is 0.535. The Bertz CT molecular complexity index is 268. The smallest absolute Gasteiger partial charge is 0.149 e. The highest BCUT2D eigenvalue weighted by atomic mass is 32.2. The Labute approximate surface area is 74.8 Å². The van der Waals surface area contributed by atoms with Crippen LogP contribution in [0.4, 0.5) is 0 Å². The summed E-state index contributed by atoms with van der Waals surface area (Å²) in [6, 6.07) is 0. The van der Waals surface area contributed by atoms with E-state index in [0.29, 0.717) is 0 Å². The Morgan fingerprint density at radius 1 is 0.833 bits per heavy atom. The molecule has 0 atom stereocenters. The molecule has 0 aromatic carbocycles.